The van der Waals surface area contributed by atoms with Crippen LogP contribution in [0.3, 0.4) is 0 Å². The van der Waals surface area contributed by atoms with Gasteiger partial charge in [0.25, 0.3) is 0 Å². The Morgan fingerprint density at radius 3 is 2.48 bits per heavy atom. The molecule has 8 heteroatoms. The third kappa shape index (κ3) is 8.22. The molecule has 2 aromatic rings. The van der Waals surface area contributed by atoms with E-state index in [1.807, 2.05) is 55.5 Å². The first-order chi connectivity index (χ1) is 13.6. The summed E-state index contributed by atoms with van der Waals surface area (Å²) >= 11 is 0. The van der Waals surface area contributed by atoms with Gasteiger partial charge >= 0.3 is 0 Å². The van der Waals surface area contributed by atoms with Gasteiger partial charge in [0.2, 0.25) is 0 Å². The van der Waals surface area contributed by atoms with Gasteiger partial charge in [0.15, 0.2) is 5.96 Å². The van der Waals surface area contributed by atoms with Gasteiger partial charge in [0, 0.05) is 41.5 Å². The molecule has 2 atom stereocenters. The first-order valence-corrected chi connectivity index (χ1v) is 10.6. The number of nitrogens with zero attached hydrogens (tertiary/aromatic N) is 1. The van der Waals surface area contributed by atoms with Gasteiger partial charge in [-0.25, -0.2) is 0 Å². The molecule has 0 saturated heterocycles. The predicted octanol–water partition coefficient (Wildman–Crippen LogP) is 3.50. The zero-order valence-electron chi connectivity index (χ0n) is 17.3. The van der Waals surface area contributed by atoms with E-state index in [1.165, 1.54) is 0 Å². The third-order valence-electron chi connectivity index (χ3n) is 4.27. The molecule has 2 N–H and O–H groups in total. The average molecular weight is 531 g/mol. The summed E-state index contributed by atoms with van der Waals surface area (Å²) < 4.78 is 23.0. The molecule has 0 spiro atoms. The molecule has 0 radical (unpaired) electrons. The molecule has 2 rings (SSSR count). The molecule has 0 saturated carbocycles. The molecule has 6 nitrogen and oxygen atoms in total. The van der Waals surface area contributed by atoms with E-state index in [1.54, 1.807) is 21.3 Å². The Bertz CT molecular complexity index is 803. The van der Waals surface area contributed by atoms with Crippen LogP contribution in [0.4, 0.5) is 0 Å². The van der Waals surface area contributed by atoms with Crippen LogP contribution in [0.2, 0.25) is 0 Å². The molecule has 0 aliphatic rings. The van der Waals surface area contributed by atoms with Crippen molar-refractivity contribution >= 4 is 40.7 Å². The van der Waals surface area contributed by atoms with Crippen molar-refractivity contribution < 1.29 is 13.7 Å². The summed E-state index contributed by atoms with van der Waals surface area (Å²) in [6.45, 7) is 2.60. The molecule has 29 heavy (non-hydrogen) atoms. The zero-order chi connectivity index (χ0) is 20.4. The van der Waals surface area contributed by atoms with Gasteiger partial charge in [-0.3, -0.25) is 9.20 Å². The highest BCUT2D eigenvalue weighted by molar-refractivity contribution is 14.0. The standard InChI is InChI=1S/C21H29N3O3S.HI/c1-16(19-14-18(26-3)10-11-20(19)27-4)24-21(22-2)23-12-13-28(25)15-17-8-6-5-7-9-17;/h5-11,14,16H,12-13,15H2,1-4H3,(H2,22,23,24);1H. The van der Waals surface area contributed by atoms with Crippen molar-refractivity contribution in [1.82, 2.24) is 10.6 Å². The van der Waals surface area contributed by atoms with Crippen LogP contribution in [-0.4, -0.2) is 43.7 Å². The molecular weight excluding hydrogens is 501 g/mol. The summed E-state index contributed by atoms with van der Waals surface area (Å²) in [7, 11) is 4.07. The van der Waals surface area contributed by atoms with Crippen molar-refractivity contribution in [3.8, 4) is 11.5 Å². The quantitative estimate of drug-likeness (QED) is 0.295. The van der Waals surface area contributed by atoms with Crippen molar-refractivity contribution in [3.05, 3.63) is 59.7 Å². The summed E-state index contributed by atoms with van der Waals surface area (Å²) in [5.41, 5.74) is 2.06. The summed E-state index contributed by atoms with van der Waals surface area (Å²) in [6, 6.07) is 15.5. The number of methoxy groups -OCH3 is 2. The first kappa shape index (κ1) is 25.2. The normalized spacial score (nSPS) is 13.0. The highest BCUT2D eigenvalue weighted by Crippen LogP contribution is 2.29. The lowest BCUT2D eigenvalue weighted by atomic mass is 10.1. The monoisotopic (exact) mass is 531 g/mol. The predicted molar refractivity (Wildman–Crippen MR) is 131 cm³/mol. The van der Waals surface area contributed by atoms with Crippen LogP contribution in [0.1, 0.15) is 24.1 Å². The summed E-state index contributed by atoms with van der Waals surface area (Å²) in [5, 5.41) is 6.56. The molecule has 0 aromatic heterocycles. The lowest BCUT2D eigenvalue weighted by Gasteiger charge is -2.20. The van der Waals surface area contributed by atoms with Crippen LogP contribution >= 0.6 is 24.0 Å². The van der Waals surface area contributed by atoms with Crippen LogP contribution in [0.25, 0.3) is 0 Å². The van der Waals surface area contributed by atoms with Crippen LogP contribution in [-0.2, 0) is 16.6 Å². The van der Waals surface area contributed by atoms with E-state index in [2.05, 4.69) is 15.6 Å². The van der Waals surface area contributed by atoms with Gasteiger partial charge in [-0.2, -0.15) is 0 Å². The second kappa shape index (κ2) is 13.4. The molecule has 0 aliphatic carbocycles. The number of ether oxygens (including phenoxy) is 2. The molecular formula is C21H30IN3O3S. The second-order valence-corrected chi connectivity index (χ2v) is 7.82. The van der Waals surface area contributed by atoms with Crippen LogP contribution in [0, 0.1) is 0 Å². The summed E-state index contributed by atoms with van der Waals surface area (Å²) in [5.74, 6) is 3.30. The number of halogens is 1. The minimum atomic E-state index is -0.929. The molecule has 2 unspecified atom stereocenters. The Kier molecular flexibility index (Phi) is 11.7. The van der Waals surface area contributed by atoms with E-state index in [9.17, 15) is 4.21 Å². The fourth-order valence-electron chi connectivity index (χ4n) is 2.77. The Morgan fingerprint density at radius 2 is 1.86 bits per heavy atom. The lowest BCUT2D eigenvalue weighted by Crippen LogP contribution is -2.40. The molecule has 0 bridgehead atoms. The topological polar surface area (TPSA) is 72.0 Å². The van der Waals surface area contributed by atoms with E-state index in [0.717, 1.165) is 22.6 Å². The van der Waals surface area contributed by atoms with Gasteiger partial charge in [-0.15, -0.1) is 24.0 Å². The Labute approximate surface area is 193 Å². The number of guanidine groups is 1. The van der Waals surface area contributed by atoms with Gasteiger partial charge in [-0.05, 0) is 30.7 Å². The average Bonchev–Trinajstić information content (AvgIpc) is 2.73. The van der Waals surface area contributed by atoms with Crippen molar-refractivity contribution in [2.45, 2.75) is 18.7 Å². The first-order valence-electron chi connectivity index (χ1n) is 9.15. The highest BCUT2D eigenvalue weighted by Gasteiger charge is 2.14. The number of rotatable bonds is 9. The van der Waals surface area contributed by atoms with E-state index in [-0.39, 0.29) is 30.0 Å². The third-order valence-corrected chi connectivity index (χ3v) is 5.59. The number of aliphatic imine (C=N–C) groups is 1. The molecule has 160 valence electrons. The molecule has 0 fully saturated rings. The van der Waals surface area contributed by atoms with E-state index >= 15 is 0 Å². The molecule has 2 aromatic carbocycles. The SMILES string of the molecule is CN=C(NCCS(=O)Cc1ccccc1)NC(C)c1cc(OC)ccc1OC.I. The van der Waals surface area contributed by atoms with Gasteiger partial charge in [-0.1, -0.05) is 30.3 Å². The number of nitrogens with one attached hydrogen (secondary N) is 2. The highest BCUT2D eigenvalue weighted by atomic mass is 127. The Balaban J connectivity index is 0.00000420. The second-order valence-electron chi connectivity index (χ2n) is 6.25. The Morgan fingerprint density at radius 1 is 1.14 bits per heavy atom. The number of benzene rings is 2. The number of hydrogen-bond donors (Lipinski definition) is 2. The summed E-state index contributed by atoms with van der Waals surface area (Å²) in [6.07, 6.45) is 0. The minimum Gasteiger partial charge on any atom is -0.497 e. The fraction of sp³-hybridized carbons (Fsp3) is 0.381. The maximum atomic E-state index is 12.3. The lowest BCUT2D eigenvalue weighted by molar-refractivity contribution is 0.394. The maximum Gasteiger partial charge on any atom is 0.191 e. The van der Waals surface area contributed by atoms with Crippen molar-refractivity contribution in [3.63, 3.8) is 0 Å². The van der Waals surface area contributed by atoms with E-state index in [4.69, 9.17) is 9.47 Å². The minimum absolute atomic E-state index is 0. The van der Waals surface area contributed by atoms with Crippen molar-refractivity contribution in [2.24, 2.45) is 4.99 Å². The Hall–Kier alpha value is -1.81. The van der Waals surface area contributed by atoms with Crippen molar-refractivity contribution in [2.75, 3.05) is 33.6 Å². The molecule has 0 amide bonds. The fourth-order valence-corrected chi connectivity index (χ4v) is 3.81. The van der Waals surface area contributed by atoms with Crippen LogP contribution < -0.4 is 20.1 Å². The van der Waals surface area contributed by atoms with Gasteiger partial charge < -0.3 is 20.1 Å². The molecule has 0 heterocycles. The van der Waals surface area contributed by atoms with Crippen molar-refractivity contribution in [1.29, 1.82) is 0 Å². The maximum absolute atomic E-state index is 12.3. The van der Waals surface area contributed by atoms with Crippen LogP contribution in [0.15, 0.2) is 53.5 Å². The van der Waals surface area contributed by atoms with E-state index in [0.29, 0.717) is 24.0 Å². The number of hydrogen-bond acceptors (Lipinski definition) is 4. The van der Waals surface area contributed by atoms with E-state index < -0.39 is 10.8 Å². The largest absolute Gasteiger partial charge is 0.497 e. The van der Waals surface area contributed by atoms with Crippen LogP contribution in [0.5, 0.6) is 11.5 Å². The van der Waals surface area contributed by atoms with Gasteiger partial charge in [0.05, 0.1) is 20.3 Å². The summed E-state index contributed by atoms with van der Waals surface area (Å²) in [4.78, 5) is 4.26. The molecule has 0 aliphatic heterocycles. The smallest absolute Gasteiger partial charge is 0.191 e. The van der Waals surface area contributed by atoms with Gasteiger partial charge in [0.1, 0.15) is 11.5 Å². The zero-order valence-corrected chi connectivity index (χ0v) is 20.5.